The van der Waals surface area contributed by atoms with E-state index in [9.17, 15) is 9.90 Å². The molecule has 1 fully saturated rings. The Kier molecular flexibility index (Phi) is 4.78. The highest BCUT2D eigenvalue weighted by atomic mass is 32.2. The van der Waals surface area contributed by atoms with E-state index in [-0.39, 0.29) is 12.4 Å². The molecule has 1 N–H and O–H groups in total. The molecule has 24 heavy (non-hydrogen) atoms. The number of aliphatic hydroxyl groups is 1. The average molecular weight is 345 g/mol. The Labute approximate surface area is 146 Å². The maximum atomic E-state index is 12.0. The van der Waals surface area contributed by atoms with E-state index < -0.39 is 0 Å². The van der Waals surface area contributed by atoms with Crippen LogP contribution in [0.3, 0.4) is 0 Å². The summed E-state index contributed by atoms with van der Waals surface area (Å²) in [5.41, 5.74) is 5.31. The summed E-state index contributed by atoms with van der Waals surface area (Å²) in [6.45, 7) is 7.65. The van der Waals surface area contributed by atoms with Gasteiger partial charge in [-0.05, 0) is 62.8 Å². The molecule has 2 aromatic rings. The summed E-state index contributed by atoms with van der Waals surface area (Å²) in [7, 11) is 0. The molecule has 1 aliphatic rings. The maximum Gasteiger partial charge on any atom is 0.191 e. The van der Waals surface area contributed by atoms with Crippen molar-refractivity contribution in [2.45, 2.75) is 64.1 Å². The number of hydrogen-bond acceptors (Lipinski definition) is 5. The van der Waals surface area contributed by atoms with Crippen molar-refractivity contribution in [3.05, 3.63) is 39.7 Å². The monoisotopic (exact) mass is 345 g/mol. The van der Waals surface area contributed by atoms with Crippen LogP contribution in [0.25, 0.3) is 0 Å². The number of aromatic nitrogens is 3. The normalized spacial score (nSPS) is 14.2. The Morgan fingerprint density at radius 3 is 2.58 bits per heavy atom. The number of hydrogen-bond donors (Lipinski definition) is 1. The number of aryl methyl sites for hydroxylation is 2. The van der Waals surface area contributed by atoms with E-state index >= 15 is 0 Å². The molecule has 1 aliphatic carbocycles. The van der Waals surface area contributed by atoms with Crippen molar-refractivity contribution in [2.75, 3.05) is 0 Å². The minimum absolute atomic E-state index is 0.0822. The molecule has 0 atom stereocenters. The average Bonchev–Trinajstić information content (AvgIpc) is 3.26. The summed E-state index contributed by atoms with van der Waals surface area (Å²) >= 11 is 1.63. The molecular weight excluding hydrogens is 322 g/mol. The third-order valence-corrected chi connectivity index (χ3v) is 5.59. The topological polar surface area (TPSA) is 68.0 Å². The van der Waals surface area contributed by atoms with Crippen LogP contribution in [0.5, 0.6) is 0 Å². The van der Waals surface area contributed by atoms with E-state index in [0.717, 1.165) is 40.4 Å². The quantitative estimate of drug-likeness (QED) is 0.641. The first-order valence-corrected chi connectivity index (χ1v) is 9.20. The van der Waals surface area contributed by atoms with Crippen LogP contribution in [0, 0.1) is 20.8 Å². The molecule has 0 unspecified atom stereocenters. The summed E-state index contributed by atoms with van der Waals surface area (Å²) in [6.07, 6.45) is 2.24. The van der Waals surface area contributed by atoms with Crippen molar-refractivity contribution in [3.8, 4) is 0 Å². The van der Waals surface area contributed by atoms with Gasteiger partial charge in [-0.3, -0.25) is 4.79 Å². The van der Waals surface area contributed by atoms with Crippen LogP contribution in [0.1, 0.15) is 64.2 Å². The highest BCUT2D eigenvalue weighted by molar-refractivity contribution is 7.98. The van der Waals surface area contributed by atoms with Gasteiger partial charge in [-0.1, -0.05) is 17.8 Å². The van der Waals surface area contributed by atoms with Crippen molar-refractivity contribution < 1.29 is 9.90 Å². The molecule has 5 nitrogen and oxygen atoms in total. The van der Waals surface area contributed by atoms with Gasteiger partial charge in [0.25, 0.3) is 0 Å². The van der Waals surface area contributed by atoms with Gasteiger partial charge in [-0.25, -0.2) is 0 Å². The van der Waals surface area contributed by atoms with Crippen molar-refractivity contribution in [3.63, 3.8) is 0 Å². The first kappa shape index (κ1) is 17.2. The largest absolute Gasteiger partial charge is 0.388 e. The fraction of sp³-hybridized carbons (Fsp3) is 0.500. The van der Waals surface area contributed by atoms with Crippen molar-refractivity contribution in [1.82, 2.24) is 14.8 Å². The second-order valence-electron chi connectivity index (χ2n) is 6.49. The van der Waals surface area contributed by atoms with Crippen LogP contribution < -0.4 is 0 Å². The van der Waals surface area contributed by atoms with Crippen LogP contribution in [0.2, 0.25) is 0 Å². The minimum atomic E-state index is -0.0822. The Morgan fingerprint density at radius 1 is 1.29 bits per heavy atom. The van der Waals surface area contributed by atoms with E-state index in [1.807, 2.05) is 13.8 Å². The number of rotatable bonds is 6. The molecule has 3 rings (SSSR count). The van der Waals surface area contributed by atoms with Crippen LogP contribution in [-0.4, -0.2) is 25.7 Å². The molecule has 0 saturated heterocycles. The lowest BCUT2D eigenvalue weighted by Gasteiger charge is -2.16. The number of nitrogens with zero attached hydrogens (tertiary/aromatic N) is 3. The first-order valence-electron chi connectivity index (χ1n) is 8.22. The van der Waals surface area contributed by atoms with E-state index in [2.05, 4.69) is 27.8 Å². The third kappa shape index (κ3) is 3.13. The van der Waals surface area contributed by atoms with Crippen LogP contribution in [0.4, 0.5) is 0 Å². The van der Waals surface area contributed by atoms with Crippen LogP contribution in [0.15, 0.2) is 11.2 Å². The highest BCUT2D eigenvalue weighted by Gasteiger charge is 2.29. The predicted octanol–water partition coefficient (Wildman–Crippen LogP) is 3.53. The lowest BCUT2D eigenvalue weighted by Crippen LogP contribution is -2.06. The summed E-state index contributed by atoms with van der Waals surface area (Å²) in [5.74, 6) is 1.50. The summed E-state index contributed by atoms with van der Waals surface area (Å²) in [4.78, 5) is 12.0. The molecule has 0 amide bonds. The van der Waals surface area contributed by atoms with Crippen LogP contribution >= 0.6 is 11.8 Å². The standard InChI is InChI=1S/C18H23N3O2S/c1-10-7-11(2)17(13(4)23)12(3)15(10)9-24-18-20-19-16(8-22)21(18)14-5-6-14/h7,14,22H,5-6,8-9H2,1-4H3. The van der Waals surface area contributed by atoms with Gasteiger partial charge in [-0.2, -0.15) is 0 Å². The highest BCUT2D eigenvalue weighted by Crippen LogP contribution is 2.39. The minimum Gasteiger partial charge on any atom is -0.388 e. The summed E-state index contributed by atoms with van der Waals surface area (Å²) in [5, 5.41) is 18.6. The molecule has 1 heterocycles. The third-order valence-electron chi connectivity index (χ3n) is 4.62. The number of aliphatic hydroxyl groups excluding tert-OH is 1. The van der Waals surface area contributed by atoms with Gasteiger partial charge in [0, 0.05) is 17.4 Å². The second-order valence-corrected chi connectivity index (χ2v) is 7.43. The molecule has 0 radical (unpaired) electrons. The first-order chi connectivity index (χ1) is 11.4. The Morgan fingerprint density at radius 2 is 2.00 bits per heavy atom. The van der Waals surface area contributed by atoms with E-state index in [4.69, 9.17) is 0 Å². The number of benzene rings is 1. The van der Waals surface area contributed by atoms with Gasteiger partial charge in [0.15, 0.2) is 16.8 Å². The van der Waals surface area contributed by atoms with E-state index in [1.54, 1.807) is 18.7 Å². The fourth-order valence-electron chi connectivity index (χ4n) is 3.34. The SMILES string of the molecule is CC(=O)c1c(C)cc(C)c(CSc2nnc(CO)n2C2CC2)c1C. The Hall–Kier alpha value is -1.66. The zero-order chi connectivity index (χ0) is 17.4. The zero-order valence-corrected chi connectivity index (χ0v) is 15.4. The smallest absolute Gasteiger partial charge is 0.191 e. The molecule has 1 aromatic heterocycles. The van der Waals surface area contributed by atoms with Gasteiger partial charge >= 0.3 is 0 Å². The van der Waals surface area contributed by atoms with Gasteiger partial charge in [0.1, 0.15) is 6.61 Å². The molecule has 0 spiro atoms. The Balaban J connectivity index is 1.89. The van der Waals surface area contributed by atoms with Gasteiger partial charge in [-0.15, -0.1) is 10.2 Å². The molecule has 0 aliphatic heterocycles. The second kappa shape index (κ2) is 6.69. The lowest BCUT2D eigenvalue weighted by atomic mass is 9.92. The molecule has 1 aromatic carbocycles. The molecular formula is C18H23N3O2S. The number of thioether (sulfide) groups is 1. The number of ketones is 1. The maximum absolute atomic E-state index is 12.0. The van der Waals surface area contributed by atoms with Crippen LogP contribution in [-0.2, 0) is 12.4 Å². The molecule has 128 valence electrons. The van der Waals surface area contributed by atoms with Crippen molar-refractivity contribution in [1.29, 1.82) is 0 Å². The van der Waals surface area contributed by atoms with Crippen molar-refractivity contribution in [2.24, 2.45) is 0 Å². The Bertz CT molecular complexity index is 794. The van der Waals surface area contributed by atoms with E-state index in [1.165, 1.54) is 11.1 Å². The molecule has 0 bridgehead atoms. The fourth-order valence-corrected chi connectivity index (χ4v) is 4.55. The zero-order valence-electron chi connectivity index (χ0n) is 14.6. The molecule has 1 saturated carbocycles. The number of Topliss-reactive ketones (excluding diaryl/α,β-unsaturated/α-hetero) is 1. The predicted molar refractivity (Wildman–Crippen MR) is 94.4 cm³/mol. The number of carbonyl (C=O) groups is 1. The summed E-state index contributed by atoms with van der Waals surface area (Å²) < 4.78 is 2.06. The van der Waals surface area contributed by atoms with Gasteiger partial charge in [0.05, 0.1) is 0 Å². The van der Waals surface area contributed by atoms with Crippen molar-refractivity contribution >= 4 is 17.5 Å². The van der Waals surface area contributed by atoms with Gasteiger partial charge in [0.2, 0.25) is 0 Å². The lowest BCUT2D eigenvalue weighted by molar-refractivity contribution is 0.101. The summed E-state index contributed by atoms with van der Waals surface area (Å²) in [6, 6.07) is 2.52. The van der Waals surface area contributed by atoms with Gasteiger partial charge < -0.3 is 9.67 Å². The number of carbonyl (C=O) groups excluding carboxylic acids is 1. The van der Waals surface area contributed by atoms with E-state index in [0.29, 0.717) is 11.9 Å². The molecule has 6 heteroatoms.